The van der Waals surface area contributed by atoms with E-state index in [0.717, 1.165) is 34.9 Å². The van der Waals surface area contributed by atoms with Gasteiger partial charge in [0.15, 0.2) is 5.82 Å². The first-order chi connectivity index (χ1) is 9.79. The van der Waals surface area contributed by atoms with Gasteiger partial charge in [-0.25, -0.2) is 0 Å². The van der Waals surface area contributed by atoms with Crippen LogP contribution in [0.25, 0.3) is 0 Å². The van der Waals surface area contributed by atoms with Crippen LogP contribution in [0, 0.1) is 0 Å². The molecule has 1 aliphatic rings. The van der Waals surface area contributed by atoms with Crippen LogP contribution >= 0.6 is 27.7 Å². The summed E-state index contributed by atoms with van der Waals surface area (Å²) in [5.74, 6) is 2.25. The third-order valence-corrected chi connectivity index (χ3v) is 4.81. The van der Waals surface area contributed by atoms with Crippen molar-refractivity contribution in [3.8, 4) is 0 Å². The summed E-state index contributed by atoms with van der Waals surface area (Å²) in [5, 5.41) is 7.49. The molecule has 20 heavy (non-hydrogen) atoms. The predicted octanol–water partition coefficient (Wildman–Crippen LogP) is 3.42. The summed E-state index contributed by atoms with van der Waals surface area (Å²) in [7, 11) is 0. The monoisotopic (exact) mass is 353 g/mol. The Bertz CT molecular complexity index is 552. The van der Waals surface area contributed by atoms with E-state index in [4.69, 9.17) is 4.52 Å². The van der Waals surface area contributed by atoms with E-state index >= 15 is 0 Å². The lowest BCUT2D eigenvalue weighted by atomic mass is 10.2. The fourth-order valence-corrected chi connectivity index (χ4v) is 3.26. The van der Waals surface area contributed by atoms with E-state index in [0.29, 0.717) is 6.04 Å². The number of thioether (sulfide) groups is 1. The normalized spacial score (nSPS) is 18.6. The smallest absolute Gasteiger partial charge is 0.228 e. The number of hydrogen-bond donors (Lipinski definition) is 1. The van der Waals surface area contributed by atoms with Crippen LogP contribution in [0.3, 0.4) is 0 Å². The minimum absolute atomic E-state index is 0.502. The van der Waals surface area contributed by atoms with E-state index < -0.39 is 0 Å². The van der Waals surface area contributed by atoms with Gasteiger partial charge >= 0.3 is 0 Å². The molecule has 106 valence electrons. The minimum atomic E-state index is 0.502. The van der Waals surface area contributed by atoms with Gasteiger partial charge in [0, 0.05) is 21.8 Å². The van der Waals surface area contributed by atoms with Gasteiger partial charge in [-0.1, -0.05) is 21.1 Å². The molecule has 4 nitrogen and oxygen atoms in total. The molecule has 1 saturated heterocycles. The number of benzene rings is 1. The molecule has 1 N–H and O–H groups in total. The Morgan fingerprint density at radius 2 is 2.20 bits per heavy atom. The number of nitrogens with zero attached hydrogens (tertiary/aromatic N) is 2. The third-order valence-electron chi connectivity index (χ3n) is 3.28. The third kappa shape index (κ3) is 3.84. The molecule has 1 aliphatic heterocycles. The lowest BCUT2D eigenvalue weighted by Gasteiger charge is -2.04. The highest BCUT2D eigenvalue weighted by Gasteiger charge is 2.18. The zero-order valence-electron chi connectivity index (χ0n) is 11.0. The first-order valence-electron chi connectivity index (χ1n) is 6.73. The molecular formula is C14H16BrN3OS. The SMILES string of the molecule is Brc1ccc(SCc2noc(CC3CCCN3)n2)cc1. The fourth-order valence-electron chi connectivity index (χ4n) is 2.25. The van der Waals surface area contributed by atoms with Gasteiger partial charge in [-0.2, -0.15) is 4.98 Å². The van der Waals surface area contributed by atoms with E-state index in [2.05, 4.69) is 43.5 Å². The van der Waals surface area contributed by atoms with Crippen LogP contribution < -0.4 is 5.32 Å². The van der Waals surface area contributed by atoms with Crippen molar-refractivity contribution < 1.29 is 4.52 Å². The molecule has 6 heteroatoms. The van der Waals surface area contributed by atoms with Crippen LogP contribution in [-0.2, 0) is 12.2 Å². The molecule has 2 aromatic rings. The zero-order valence-corrected chi connectivity index (χ0v) is 13.4. The van der Waals surface area contributed by atoms with Crippen LogP contribution in [-0.4, -0.2) is 22.7 Å². The lowest BCUT2D eigenvalue weighted by molar-refractivity contribution is 0.361. The molecule has 0 bridgehead atoms. The van der Waals surface area contributed by atoms with Gasteiger partial charge in [-0.15, -0.1) is 11.8 Å². The molecule has 2 heterocycles. The summed E-state index contributed by atoms with van der Waals surface area (Å²) >= 11 is 5.15. The van der Waals surface area contributed by atoms with E-state index in [1.165, 1.54) is 17.7 Å². The molecule has 1 atom stereocenters. The summed E-state index contributed by atoms with van der Waals surface area (Å²) in [5.41, 5.74) is 0. The van der Waals surface area contributed by atoms with Crippen LogP contribution in [0.15, 0.2) is 38.2 Å². The minimum Gasteiger partial charge on any atom is -0.339 e. The quantitative estimate of drug-likeness (QED) is 0.834. The molecule has 0 radical (unpaired) electrons. The van der Waals surface area contributed by atoms with Crippen molar-refractivity contribution in [2.24, 2.45) is 0 Å². The van der Waals surface area contributed by atoms with Gasteiger partial charge in [-0.05, 0) is 43.7 Å². The number of nitrogens with one attached hydrogen (secondary N) is 1. The van der Waals surface area contributed by atoms with E-state index in [1.54, 1.807) is 11.8 Å². The fraction of sp³-hybridized carbons (Fsp3) is 0.429. The Labute approximate surface area is 130 Å². The molecular weight excluding hydrogens is 338 g/mol. The lowest BCUT2D eigenvalue weighted by Crippen LogP contribution is -2.23. The Morgan fingerprint density at radius 1 is 1.35 bits per heavy atom. The standard InChI is InChI=1S/C14H16BrN3OS/c15-10-3-5-12(6-4-10)20-9-13-17-14(19-18-13)8-11-2-1-7-16-11/h3-6,11,16H,1-2,7-9H2. The maximum absolute atomic E-state index is 5.31. The Balaban J connectivity index is 1.52. The van der Waals surface area contributed by atoms with Crippen molar-refractivity contribution >= 4 is 27.7 Å². The second-order valence-corrected chi connectivity index (χ2v) is 6.81. The average molecular weight is 354 g/mol. The Morgan fingerprint density at radius 3 is 2.95 bits per heavy atom. The highest BCUT2D eigenvalue weighted by atomic mass is 79.9. The number of hydrogen-bond acceptors (Lipinski definition) is 5. The highest BCUT2D eigenvalue weighted by Crippen LogP contribution is 2.23. The second kappa shape index (κ2) is 6.74. The van der Waals surface area contributed by atoms with Gasteiger partial charge in [0.2, 0.25) is 5.89 Å². The van der Waals surface area contributed by atoms with Crippen molar-refractivity contribution in [3.05, 3.63) is 40.5 Å². The Kier molecular flexibility index (Phi) is 4.75. The average Bonchev–Trinajstić information content (AvgIpc) is 3.11. The van der Waals surface area contributed by atoms with Crippen LogP contribution in [0.1, 0.15) is 24.6 Å². The summed E-state index contributed by atoms with van der Waals surface area (Å²) in [6.07, 6.45) is 3.28. The van der Waals surface area contributed by atoms with Crippen LogP contribution in [0.5, 0.6) is 0 Å². The number of aromatic nitrogens is 2. The summed E-state index contributed by atoms with van der Waals surface area (Å²) < 4.78 is 6.40. The molecule has 1 aromatic heterocycles. The molecule has 1 unspecified atom stereocenters. The maximum atomic E-state index is 5.31. The molecule has 1 fully saturated rings. The predicted molar refractivity (Wildman–Crippen MR) is 82.7 cm³/mol. The summed E-state index contributed by atoms with van der Waals surface area (Å²) in [6.45, 7) is 1.10. The molecule has 0 spiro atoms. The molecule has 0 amide bonds. The van der Waals surface area contributed by atoms with Crippen molar-refractivity contribution in [2.45, 2.75) is 36.0 Å². The first kappa shape index (κ1) is 14.1. The topological polar surface area (TPSA) is 51.0 Å². The first-order valence-corrected chi connectivity index (χ1v) is 8.51. The molecule has 0 saturated carbocycles. The van der Waals surface area contributed by atoms with Crippen molar-refractivity contribution in [1.82, 2.24) is 15.5 Å². The largest absolute Gasteiger partial charge is 0.339 e. The molecule has 1 aromatic carbocycles. The number of rotatable bonds is 5. The molecule has 0 aliphatic carbocycles. The molecule has 3 rings (SSSR count). The summed E-state index contributed by atoms with van der Waals surface area (Å²) in [4.78, 5) is 5.66. The van der Waals surface area contributed by atoms with Gasteiger partial charge in [-0.3, -0.25) is 0 Å². The van der Waals surface area contributed by atoms with Gasteiger partial charge in [0.25, 0.3) is 0 Å². The second-order valence-electron chi connectivity index (χ2n) is 4.84. The number of halogens is 1. The van der Waals surface area contributed by atoms with Crippen LogP contribution in [0.4, 0.5) is 0 Å². The zero-order chi connectivity index (χ0) is 13.8. The van der Waals surface area contributed by atoms with Crippen LogP contribution in [0.2, 0.25) is 0 Å². The van der Waals surface area contributed by atoms with Crippen molar-refractivity contribution in [1.29, 1.82) is 0 Å². The van der Waals surface area contributed by atoms with Crippen molar-refractivity contribution in [2.75, 3.05) is 6.54 Å². The van der Waals surface area contributed by atoms with Gasteiger partial charge in [0.05, 0.1) is 5.75 Å². The maximum Gasteiger partial charge on any atom is 0.228 e. The van der Waals surface area contributed by atoms with E-state index in [1.807, 2.05) is 12.1 Å². The highest BCUT2D eigenvalue weighted by molar-refractivity contribution is 9.10. The van der Waals surface area contributed by atoms with Gasteiger partial charge < -0.3 is 9.84 Å². The van der Waals surface area contributed by atoms with Crippen molar-refractivity contribution in [3.63, 3.8) is 0 Å². The summed E-state index contributed by atoms with van der Waals surface area (Å²) in [6, 6.07) is 8.74. The van der Waals surface area contributed by atoms with Gasteiger partial charge in [0.1, 0.15) is 0 Å². The Hall–Kier alpha value is -0.850. The van der Waals surface area contributed by atoms with E-state index in [9.17, 15) is 0 Å². The van der Waals surface area contributed by atoms with E-state index in [-0.39, 0.29) is 0 Å².